The molecule has 1 amide bonds. The van der Waals surface area contributed by atoms with Crippen LogP contribution in [0.5, 0.6) is 0 Å². The summed E-state index contributed by atoms with van der Waals surface area (Å²) in [7, 11) is 0. The van der Waals surface area contributed by atoms with Gasteiger partial charge in [-0.05, 0) is 50.5 Å². The molecule has 1 aliphatic rings. The maximum absolute atomic E-state index is 13.2. The normalized spacial score (nSPS) is 16.7. The van der Waals surface area contributed by atoms with Gasteiger partial charge in [0, 0.05) is 18.0 Å². The molecule has 0 saturated heterocycles. The van der Waals surface area contributed by atoms with Crippen LogP contribution < -0.4 is 5.56 Å². The van der Waals surface area contributed by atoms with Crippen molar-refractivity contribution in [3.05, 3.63) is 26.6 Å². The third kappa shape index (κ3) is 3.56. The minimum Gasteiger partial charge on any atom is -0.341 e. The monoisotopic (exact) mass is 375 g/mol. The second-order valence-corrected chi connectivity index (χ2v) is 8.55. The first-order chi connectivity index (χ1) is 12.5. The highest BCUT2D eigenvalue weighted by atomic mass is 32.1. The van der Waals surface area contributed by atoms with E-state index in [1.807, 2.05) is 11.8 Å². The molecule has 0 bridgehead atoms. The number of rotatable bonds is 6. The Hall–Kier alpha value is -1.69. The van der Waals surface area contributed by atoms with E-state index in [4.69, 9.17) is 0 Å². The average molecular weight is 376 g/mol. The Balaban J connectivity index is 1.99. The van der Waals surface area contributed by atoms with Crippen LogP contribution >= 0.6 is 11.3 Å². The number of carbonyl (C=O) groups excluding carboxylic acids is 1. The molecule has 1 atom stereocenters. The first-order valence-corrected chi connectivity index (χ1v) is 10.6. The van der Waals surface area contributed by atoms with Gasteiger partial charge in [-0.15, -0.1) is 11.3 Å². The highest BCUT2D eigenvalue weighted by Crippen LogP contribution is 2.35. The van der Waals surface area contributed by atoms with Crippen LogP contribution in [0.15, 0.2) is 4.79 Å². The highest BCUT2D eigenvalue weighted by Gasteiger charge is 2.25. The Labute approximate surface area is 159 Å². The fourth-order valence-corrected chi connectivity index (χ4v) is 5.27. The summed E-state index contributed by atoms with van der Waals surface area (Å²) in [6.45, 7) is 9.80. The molecule has 0 aliphatic heterocycles. The van der Waals surface area contributed by atoms with Gasteiger partial charge in [0.2, 0.25) is 5.91 Å². The number of thiophene rings is 1. The van der Waals surface area contributed by atoms with E-state index in [2.05, 4.69) is 25.8 Å². The lowest BCUT2D eigenvalue weighted by molar-refractivity contribution is -0.132. The number of amides is 1. The van der Waals surface area contributed by atoms with Crippen molar-refractivity contribution in [2.24, 2.45) is 5.92 Å². The SMILES string of the molecule is CCCN(CCC)C(=O)Cn1c(C)nc2sc3c(c2c1=O)CCC(C)C3. The van der Waals surface area contributed by atoms with Gasteiger partial charge in [-0.2, -0.15) is 0 Å². The standard InChI is InChI=1S/C20H29N3O2S/c1-5-9-22(10-6-2)17(24)12-23-14(4)21-19-18(20(23)25)15-8-7-13(3)11-16(15)26-19/h13H,5-12H2,1-4H3. The van der Waals surface area contributed by atoms with E-state index in [1.54, 1.807) is 15.9 Å². The van der Waals surface area contributed by atoms with Crippen LogP contribution in [0.25, 0.3) is 10.2 Å². The quantitative estimate of drug-likeness (QED) is 0.776. The number of fused-ring (bicyclic) bond motifs is 3. The van der Waals surface area contributed by atoms with Crippen molar-refractivity contribution < 1.29 is 4.79 Å². The van der Waals surface area contributed by atoms with Gasteiger partial charge in [0.1, 0.15) is 17.2 Å². The van der Waals surface area contributed by atoms with E-state index in [9.17, 15) is 9.59 Å². The van der Waals surface area contributed by atoms with Crippen molar-refractivity contribution in [1.29, 1.82) is 0 Å². The number of aromatic nitrogens is 2. The maximum atomic E-state index is 13.2. The summed E-state index contributed by atoms with van der Waals surface area (Å²) in [4.78, 5) is 34.6. The molecular formula is C20H29N3O2S. The average Bonchev–Trinajstić information content (AvgIpc) is 2.95. The summed E-state index contributed by atoms with van der Waals surface area (Å²) >= 11 is 1.66. The zero-order valence-corrected chi connectivity index (χ0v) is 17.1. The molecule has 142 valence electrons. The van der Waals surface area contributed by atoms with Crippen molar-refractivity contribution in [1.82, 2.24) is 14.5 Å². The van der Waals surface area contributed by atoms with Crippen LogP contribution in [-0.4, -0.2) is 33.4 Å². The lowest BCUT2D eigenvalue weighted by Crippen LogP contribution is -2.38. The molecule has 2 aromatic rings. The molecule has 3 rings (SSSR count). The van der Waals surface area contributed by atoms with E-state index in [0.29, 0.717) is 11.7 Å². The number of hydrogen-bond acceptors (Lipinski definition) is 4. The second kappa shape index (κ2) is 7.91. The van der Waals surface area contributed by atoms with Crippen molar-refractivity contribution in [3.63, 3.8) is 0 Å². The molecule has 6 heteroatoms. The Morgan fingerprint density at radius 2 is 2.00 bits per heavy atom. The van der Waals surface area contributed by atoms with E-state index >= 15 is 0 Å². The lowest BCUT2D eigenvalue weighted by Gasteiger charge is -2.22. The van der Waals surface area contributed by atoms with Crippen LogP contribution in [-0.2, 0) is 24.2 Å². The topological polar surface area (TPSA) is 55.2 Å². The van der Waals surface area contributed by atoms with E-state index in [1.165, 1.54) is 10.4 Å². The van der Waals surface area contributed by atoms with Crippen molar-refractivity contribution in [2.75, 3.05) is 13.1 Å². The highest BCUT2D eigenvalue weighted by molar-refractivity contribution is 7.18. The Morgan fingerprint density at radius 3 is 2.65 bits per heavy atom. The van der Waals surface area contributed by atoms with Gasteiger partial charge in [-0.3, -0.25) is 14.2 Å². The summed E-state index contributed by atoms with van der Waals surface area (Å²) in [5.41, 5.74) is 1.14. The molecule has 2 aromatic heterocycles. The molecule has 1 unspecified atom stereocenters. The van der Waals surface area contributed by atoms with Gasteiger partial charge >= 0.3 is 0 Å². The molecular weight excluding hydrogens is 346 g/mol. The van der Waals surface area contributed by atoms with Gasteiger partial charge in [0.25, 0.3) is 5.56 Å². The minimum absolute atomic E-state index is 0.0118. The van der Waals surface area contributed by atoms with Crippen LogP contribution in [0, 0.1) is 12.8 Å². The number of aryl methyl sites for hydroxylation is 2. The van der Waals surface area contributed by atoms with Crippen LogP contribution in [0.2, 0.25) is 0 Å². The Morgan fingerprint density at radius 1 is 1.31 bits per heavy atom. The van der Waals surface area contributed by atoms with Gasteiger partial charge in [0.05, 0.1) is 5.39 Å². The number of hydrogen-bond donors (Lipinski definition) is 0. The molecule has 0 radical (unpaired) electrons. The smallest absolute Gasteiger partial charge is 0.263 e. The zero-order chi connectivity index (χ0) is 18.8. The largest absolute Gasteiger partial charge is 0.341 e. The third-order valence-corrected chi connectivity index (χ3v) is 6.39. The summed E-state index contributed by atoms with van der Waals surface area (Å²) in [6, 6.07) is 0. The molecule has 26 heavy (non-hydrogen) atoms. The predicted molar refractivity (Wildman–Crippen MR) is 107 cm³/mol. The fraction of sp³-hybridized carbons (Fsp3) is 0.650. The van der Waals surface area contributed by atoms with E-state index in [0.717, 1.165) is 55.4 Å². The molecule has 5 nitrogen and oxygen atoms in total. The summed E-state index contributed by atoms with van der Waals surface area (Å²) < 4.78 is 1.58. The maximum Gasteiger partial charge on any atom is 0.263 e. The van der Waals surface area contributed by atoms with Crippen molar-refractivity contribution >= 4 is 27.5 Å². The van der Waals surface area contributed by atoms with Crippen molar-refractivity contribution in [3.8, 4) is 0 Å². The first kappa shape index (κ1) is 19.1. The molecule has 0 fully saturated rings. The van der Waals surface area contributed by atoms with Crippen LogP contribution in [0.3, 0.4) is 0 Å². The first-order valence-electron chi connectivity index (χ1n) is 9.75. The lowest BCUT2D eigenvalue weighted by atomic mass is 9.89. The minimum atomic E-state index is -0.0409. The van der Waals surface area contributed by atoms with E-state index < -0.39 is 0 Å². The van der Waals surface area contributed by atoms with E-state index in [-0.39, 0.29) is 18.0 Å². The second-order valence-electron chi connectivity index (χ2n) is 7.46. The summed E-state index contributed by atoms with van der Waals surface area (Å²) in [6.07, 6.45) is 4.95. The summed E-state index contributed by atoms with van der Waals surface area (Å²) in [5, 5.41) is 0.757. The van der Waals surface area contributed by atoms with Crippen LogP contribution in [0.4, 0.5) is 0 Å². The molecule has 0 saturated carbocycles. The van der Waals surface area contributed by atoms with Gasteiger partial charge in [-0.25, -0.2) is 4.98 Å². The molecule has 1 aliphatic carbocycles. The zero-order valence-electron chi connectivity index (χ0n) is 16.3. The summed E-state index contributed by atoms with van der Waals surface area (Å²) in [5.74, 6) is 1.31. The molecule has 0 spiro atoms. The molecule has 2 heterocycles. The van der Waals surface area contributed by atoms with Crippen molar-refractivity contribution in [2.45, 2.75) is 66.3 Å². The Kier molecular flexibility index (Phi) is 5.80. The van der Waals surface area contributed by atoms with Gasteiger partial charge in [-0.1, -0.05) is 20.8 Å². The number of carbonyl (C=O) groups is 1. The Bertz CT molecular complexity index is 862. The third-order valence-electron chi connectivity index (χ3n) is 5.24. The molecule has 0 N–H and O–H groups in total. The van der Waals surface area contributed by atoms with Gasteiger partial charge in [0.15, 0.2) is 0 Å². The predicted octanol–water partition coefficient (Wildman–Crippen LogP) is 3.54. The number of nitrogens with zero attached hydrogens (tertiary/aromatic N) is 3. The fourth-order valence-electron chi connectivity index (χ4n) is 3.85. The van der Waals surface area contributed by atoms with Gasteiger partial charge < -0.3 is 4.90 Å². The van der Waals surface area contributed by atoms with Crippen LogP contribution in [0.1, 0.15) is 56.3 Å². The molecule has 0 aromatic carbocycles.